The highest BCUT2D eigenvalue weighted by Gasteiger charge is 2.24. The molecule has 0 saturated carbocycles. The van der Waals surface area contributed by atoms with Crippen molar-refractivity contribution >= 4 is 15.9 Å². The molecular formula is C14H16BrN3. The maximum absolute atomic E-state index is 4.54. The van der Waals surface area contributed by atoms with Gasteiger partial charge in [-0.15, -0.1) is 0 Å². The predicted octanol–water partition coefficient (Wildman–Crippen LogP) is 3.61. The molecule has 1 aromatic heterocycles. The van der Waals surface area contributed by atoms with Gasteiger partial charge in [0.2, 0.25) is 0 Å². The first-order valence-corrected chi connectivity index (χ1v) is 7.04. The molecule has 1 fully saturated rings. The van der Waals surface area contributed by atoms with Crippen LogP contribution in [0.4, 0.5) is 0 Å². The normalized spacial score (nSPS) is 20.4. The summed E-state index contributed by atoms with van der Waals surface area (Å²) in [6, 6.07) is 8.75. The fourth-order valence-electron chi connectivity index (χ4n) is 2.54. The third-order valence-electron chi connectivity index (χ3n) is 3.59. The number of nitrogens with zero attached hydrogens (tertiary/aromatic N) is 2. The summed E-state index contributed by atoms with van der Waals surface area (Å²) in [4.78, 5) is 10.4. The van der Waals surface area contributed by atoms with E-state index >= 15 is 0 Å². The van der Waals surface area contributed by atoms with Gasteiger partial charge in [0.15, 0.2) is 0 Å². The monoisotopic (exact) mass is 305 g/mol. The van der Waals surface area contributed by atoms with Gasteiger partial charge in [0.1, 0.15) is 5.82 Å². The lowest BCUT2D eigenvalue weighted by Crippen LogP contribution is -2.18. The van der Waals surface area contributed by atoms with Crippen LogP contribution in [0.15, 0.2) is 34.9 Å². The molecule has 0 spiro atoms. The zero-order chi connectivity index (χ0) is 12.5. The van der Waals surface area contributed by atoms with Crippen molar-refractivity contribution in [1.82, 2.24) is 14.9 Å². The van der Waals surface area contributed by atoms with Crippen LogP contribution in [0.2, 0.25) is 0 Å². The van der Waals surface area contributed by atoms with Gasteiger partial charge in [-0.05, 0) is 44.1 Å². The summed E-state index contributed by atoms with van der Waals surface area (Å²) in [7, 11) is 2.17. The maximum Gasteiger partial charge on any atom is 0.123 e. The van der Waals surface area contributed by atoms with Crippen LogP contribution in [-0.2, 0) is 0 Å². The highest BCUT2D eigenvalue weighted by atomic mass is 79.9. The Balaban J connectivity index is 1.87. The molecule has 18 heavy (non-hydrogen) atoms. The number of aromatic amines is 1. The van der Waals surface area contributed by atoms with Crippen LogP contribution in [0.3, 0.4) is 0 Å². The van der Waals surface area contributed by atoms with Crippen LogP contribution in [0.1, 0.15) is 24.7 Å². The van der Waals surface area contributed by atoms with Crippen LogP contribution in [0, 0.1) is 0 Å². The van der Waals surface area contributed by atoms with Crippen molar-refractivity contribution in [3.63, 3.8) is 0 Å². The number of hydrogen-bond donors (Lipinski definition) is 1. The molecule has 3 nitrogen and oxygen atoms in total. The molecule has 2 heterocycles. The summed E-state index contributed by atoms with van der Waals surface area (Å²) in [6.45, 7) is 1.17. The Kier molecular flexibility index (Phi) is 3.22. The molecule has 1 unspecified atom stereocenters. The molecule has 1 saturated heterocycles. The van der Waals surface area contributed by atoms with Crippen molar-refractivity contribution in [2.24, 2.45) is 0 Å². The zero-order valence-corrected chi connectivity index (χ0v) is 11.9. The van der Waals surface area contributed by atoms with E-state index in [0.29, 0.717) is 6.04 Å². The van der Waals surface area contributed by atoms with Crippen LogP contribution in [-0.4, -0.2) is 28.5 Å². The highest BCUT2D eigenvalue weighted by molar-refractivity contribution is 9.10. The second kappa shape index (κ2) is 4.86. The van der Waals surface area contributed by atoms with E-state index < -0.39 is 0 Å². The average Bonchev–Trinajstić information content (AvgIpc) is 2.98. The summed E-state index contributed by atoms with van der Waals surface area (Å²) in [5.74, 6) is 1.09. The van der Waals surface area contributed by atoms with Gasteiger partial charge in [-0.25, -0.2) is 4.98 Å². The van der Waals surface area contributed by atoms with Gasteiger partial charge in [-0.3, -0.25) is 4.90 Å². The number of imidazole rings is 1. The first kappa shape index (κ1) is 11.9. The van der Waals surface area contributed by atoms with E-state index in [4.69, 9.17) is 0 Å². The lowest BCUT2D eigenvalue weighted by molar-refractivity contribution is 0.307. The standard InChI is InChI=1S/C14H16BrN3/c1-18-8-2-3-13(18)14-16-9-12(17-14)10-4-6-11(15)7-5-10/h4-7,9,13H,2-3,8H2,1H3,(H,16,17). The number of H-pyrrole nitrogens is 1. The summed E-state index contributed by atoms with van der Waals surface area (Å²) in [5.41, 5.74) is 2.27. The average molecular weight is 306 g/mol. The summed E-state index contributed by atoms with van der Waals surface area (Å²) >= 11 is 3.45. The number of rotatable bonds is 2. The predicted molar refractivity (Wildman–Crippen MR) is 76.3 cm³/mol. The van der Waals surface area contributed by atoms with E-state index in [1.807, 2.05) is 6.20 Å². The van der Waals surface area contributed by atoms with Crippen molar-refractivity contribution in [2.75, 3.05) is 13.6 Å². The van der Waals surface area contributed by atoms with Crippen LogP contribution in [0.5, 0.6) is 0 Å². The van der Waals surface area contributed by atoms with Crippen molar-refractivity contribution in [2.45, 2.75) is 18.9 Å². The molecule has 0 radical (unpaired) electrons. The zero-order valence-electron chi connectivity index (χ0n) is 10.4. The SMILES string of the molecule is CN1CCCC1c1ncc(-c2ccc(Br)cc2)[nH]1. The van der Waals surface area contributed by atoms with E-state index in [2.05, 4.69) is 62.1 Å². The quantitative estimate of drug-likeness (QED) is 0.919. The van der Waals surface area contributed by atoms with Gasteiger partial charge in [0.05, 0.1) is 17.9 Å². The molecule has 1 aliphatic rings. The fraction of sp³-hybridized carbons (Fsp3) is 0.357. The van der Waals surface area contributed by atoms with Gasteiger partial charge in [0.25, 0.3) is 0 Å². The molecule has 3 rings (SSSR count). The molecule has 0 aliphatic carbocycles. The van der Waals surface area contributed by atoms with E-state index in [1.54, 1.807) is 0 Å². The summed E-state index contributed by atoms with van der Waals surface area (Å²) < 4.78 is 1.10. The minimum atomic E-state index is 0.453. The minimum Gasteiger partial charge on any atom is -0.341 e. The van der Waals surface area contributed by atoms with Crippen LogP contribution >= 0.6 is 15.9 Å². The molecule has 1 aromatic carbocycles. The molecular weight excluding hydrogens is 290 g/mol. The van der Waals surface area contributed by atoms with Crippen molar-refractivity contribution < 1.29 is 0 Å². The molecule has 0 bridgehead atoms. The molecule has 94 valence electrons. The summed E-state index contributed by atoms with van der Waals surface area (Å²) in [5, 5.41) is 0. The smallest absolute Gasteiger partial charge is 0.123 e. The highest BCUT2D eigenvalue weighted by Crippen LogP contribution is 2.30. The van der Waals surface area contributed by atoms with Gasteiger partial charge in [-0.2, -0.15) is 0 Å². The minimum absolute atomic E-state index is 0.453. The molecule has 1 N–H and O–H groups in total. The van der Waals surface area contributed by atoms with Crippen LogP contribution < -0.4 is 0 Å². The van der Waals surface area contributed by atoms with Crippen LogP contribution in [0.25, 0.3) is 11.3 Å². The Labute approximate surface area is 115 Å². The molecule has 2 aromatic rings. The number of aromatic nitrogens is 2. The van der Waals surface area contributed by atoms with E-state index in [0.717, 1.165) is 16.0 Å². The molecule has 0 amide bonds. The van der Waals surface area contributed by atoms with Gasteiger partial charge in [-0.1, -0.05) is 28.1 Å². The Bertz CT molecular complexity index is 532. The lowest BCUT2D eigenvalue weighted by Gasteiger charge is -2.16. The Hall–Kier alpha value is -1.13. The second-order valence-electron chi connectivity index (χ2n) is 4.83. The number of hydrogen-bond acceptors (Lipinski definition) is 2. The largest absolute Gasteiger partial charge is 0.341 e. The third-order valence-corrected chi connectivity index (χ3v) is 4.12. The van der Waals surface area contributed by atoms with E-state index in [-0.39, 0.29) is 0 Å². The fourth-order valence-corrected chi connectivity index (χ4v) is 2.80. The second-order valence-corrected chi connectivity index (χ2v) is 5.74. The van der Waals surface area contributed by atoms with Gasteiger partial charge < -0.3 is 4.98 Å². The van der Waals surface area contributed by atoms with Crippen molar-refractivity contribution in [3.8, 4) is 11.3 Å². The Morgan fingerprint density at radius 2 is 2.11 bits per heavy atom. The number of benzene rings is 1. The third kappa shape index (κ3) is 2.22. The summed E-state index contributed by atoms with van der Waals surface area (Å²) in [6.07, 6.45) is 4.39. The Morgan fingerprint density at radius 1 is 1.33 bits per heavy atom. The topological polar surface area (TPSA) is 31.9 Å². The van der Waals surface area contributed by atoms with Gasteiger partial charge in [0, 0.05) is 4.47 Å². The maximum atomic E-state index is 4.54. The van der Waals surface area contributed by atoms with Gasteiger partial charge >= 0.3 is 0 Å². The number of halogens is 1. The van der Waals surface area contributed by atoms with E-state index in [9.17, 15) is 0 Å². The number of nitrogens with one attached hydrogen (secondary N) is 1. The van der Waals surface area contributed by atoms with Crippen molar-refractivity contribution in [1.29, 1.82) is 0 Å². The first-order valence-electron chi connectivity index (χ1n) is 6.25. The lowest BCUT2D eigenvalue weighted by atomic mass is 10.2. The van der Waals surface area contributed by atoms with Crippen molar-refractivity contribution in [3.05, 3.63) is 40.8 Å². The van der Waals surface area contributed by atoms with E-state index in [1.165, 1.54) is 24.9 Å². The molecule has 1 aliphatic heterocycles. The molecule has 1 atom stereocenters. The number of likely N-dealkylation sites (tertiary alicyclic amines) is 1. The Morgan fingerprint density at radius 3 is 2.78 bits per heavy atom. The first-order chi connectivity index (χ1) is 8.74. The molecule has 4 heteroatoms.